The molecule has 0 aliphatic rings. The van der Waals surface area contributed by atoms with Crippen molar-refractivity contribution in [1.29, 1.82) is 0 Å². The summed E-state index contributed by atoms with van der Waals surface area (Å²) in [5, 5.41) is 4.02. The van der Waals surface area contributed by atoms with Crippen molar-refractivity contribution < 1.29 is 4.52 Å². The Balaban J connectivity index is 2.70. The minimum absolute atomic E-state index is 0.272. The average Bonchev–Trinajstić information content (AvgIpc) is 2.31. The minimum Gasteiger partial charge on any atom is -0.361 e. The summed E-state index contributed by atoms with van der Waals surface area (Å²) in [4.78, 5) is 0. The summed E-state index contributed by atoms with van der Waals surface area (Å²) in [6.07, 6.45) is 0.951. The fraction of sp³-hybridized carbons (Fsp3) is 0.727. The monoisotopic (exact) mass is 181 g/mol. The maximum atomic E-state index is 5.25. The predicted molar refractivity (Wildman–Crippen MR) is 53.8 cm³/mol. The van der Waals surface area contributed by atoms with Crippen LogP contribution in [0.3, 0.4) is 0 Å². The first kappa shape index (κ1) is 10.3. The van der Waals surface area contributed by atoms with E-state index in [0.29, 0.717) is 5.92 Å². The van der Waals surface area contributed by atoms with Crippen LogP contribution in [0.5, 0.6) is 0 Å². The molecule has 0 radical (unpaired) electrons. The van der Waals surface area contributed by atoms with E-state index < -0.39 is 0 Å². The van der Waals surface area contributed by atoms with Crippen molar-refractivity contribution >= 4 is 0 Å². The zero-order valence-electron chi connectivity index (χ0n) is 9.22. The summed E-state index contributed by atoms with van der Waals surface area (Å²) < 4.78 is 5.25. The van der Waals surface area contributed by atoms with E-state index in [1.54, 1.807) is 0 Å². The lowest BCUT2D eigenvalue weighted by Gasteiger charge is -2.14. The van der Waals surface area contributed by atoms with Crippen molar-refractivity contribution in [3.63, 3.8) is 0 Å². The van der Waals surface area contributed by atoms with Gasteiger partial charge in [0, 0.05) is 12.5 Å². The molecular formula is C11H19NO. The first-order chi connectivity index (χ1) is 5.88. The molecule has 0 amide bonds. The van der Waals surface area contributed by atoms with Crippen LogP contribution in [0, 0.1) is 5.41 Å². The second-order valence-electron chi connectivity index (χ2n) is 5.11. The highest BCUT2D eigenvalue weighted by Crippen LogP contribution is 2.22. The largest absolute Gasteiger partial charge is 0.361 e. The van der Waals surface area contributed by atoms with E-state index in [1.165, 1.54) is 0 Å². The van der Waals surface area contributed by atoms with Gasteiger partial charge < -0.3 is 4.52 Å². The quantitative estimate of drug-likeness (QED) is 0.699. The lowest BCUT2D eigenvalue weighted by atomic mass is 9.91. The number of nitrogens with zero attached hydrogens (tertiary/aromatic N) is 1. The lowest BCUT2D eigenvalue weighted by molar-refractivity contribution is 0.317. The summed E-state index contributed by atoms with van der Waals surface area (Å²) in [5.74, 6) is 1.45. The van der Waals surface area contributed by atoms with Crippen molar-refractivity contribution in [2.24, 2.45) is 5.41 Å². The molecule has 1 rings (SSSR count). The minimum atomic E-state index is 0.272. The van der Waals surface area contributed by atoms with Gasteiger partial charge in [0.05, 0.1) is 5.69 Å². The van der Waals surface area contributed by atoms with Gasteiger partial charge in [-0.15, -0.1) is 0 Å². The summed E-state index contributed by atoms with van der Waals surface area (Å²) in [5.41, 5.74) is 1.33. The lowest BCUT2D eigenvalue weighted by Crippen LogP contribution is -2.08. The third-order valence-electron chi connectivity index (χ3n) is 1.87. The molecule has 1 aromatic heterocycles. The molecule has 0 saturated carbocycles. The van der Waals surface area contributed by atoms with Crippen LogP contribution in [0.4, 0.5) is 0 Å². The Hall–Kier alpha value is -0.790. The Labute approximate surface area is 80.3 Å². The molecule has 1 heterocycles. The van der Waals surface area contributed by atoms with Crippen LogP contribution in [0.15, 0.2) is 10.6 Å². The molecule has 0 unspecified atom stereocenters. The van der Waals surface area contributed by atoms with Gasteiger partial charge in [0.25, 0.3) is 0 Å². The molecule has 0 N–H and O–H groups in total. The molecule has 0 aromatic carbocycles. The molecule has 74 valence electrons. The van der Waals surface area contributed by atoms with Gasteiger partial charge in [-0.25, -0.2) is 0 Å². The van der Waals surface area contributed by atoms with Gasteiger partial charge >= 0.3 is 0 Å². The third-order valence-corrected chi connectivity index (χ3v) is 1.87. The zero-order chi connectivity index (χ0) is 10.1. The van der Waals surface area contributed by atoms with Gasteiger partial charge in [0.2, 0.25) is 0 Å². The van der Waals surface area contributed by atoms with Crippen LogP contribution in [-0.4, -0.2) is 5.16 Å². The maximum Gasteiger partial charge on any atom is 0.137 e. The van der Waals surface area contributed by atoms with Gasteiger partial charge in [-0.1, -0.05) is 39.8 Å². The third kappa shape index (κ3) is 3.21. The summed E-state index contributed by atoms with van der Waals surface area (Å²) in [6, 6.07) is 2.07. The van der Waals surface area contributed by atoms with Crippen LogP contribution in [-0.2, 0) is 6.42 Å². The molecular weight excluding hydrogens is 162 g/mol. The van der Waals surface area contributed by atoms with Crippen LogP contribution in [0.25, 0.3) is 0 Å². The number of hydrogen-bond donors (Lipinski definition) is 0. The molecule has 13 heavy (non-hydrogen) atoms. The summed E-state index contributed by atoms with van der Waals surface area (Å²) >= 11 is 0. The van der Waals surface area contributed by atoms with E-state index in [2.05, 4.69) is 45.8 Å². The maximum absolute atomic E-state index is 5.25. The predicted octanol–water partition coefficient (Wildman–Crippen LogP) is 3.39. The zero-order valence-corrected chi connectivity index (χ0v) is 9.22. The second kappa shape index (κ2) is 3.52. The molecule has 1 aromatic rings. The van der Waals surface area contributed by atoms with Crippen LogP contribution in [0.1, 0.15) is 52.0 Å². The highest BCUT2D eigenvalue weighted by molar-refractivity contribution is 5.09. The van der Waals surface area contributed by atoms with E-state index in [0.717, 1.165) is 17.9 Å². The van der Waals surface area contributed by atoms with E-state index >= 15 is 0 Å². The van der Waals surface area contributed by atoms with Crippen LogP contribution in [0.2, 0.25) is 0 Å². The molecule has 0 aliphatic heterocycles. The van der Waals surface area contributed by atoms with Crippen molar-refractivity contribution in [2.45, 2.75) is 47.0 Å². The molecule has 0 atom stereocenters. The smallest absolute Gasteiger partial charge is 0.137 e. The van der Waals surface area contributed by atoms with Gasteiger partial charge in [0.15, 0.2) is 0 Å². The van der Waals surface area contributed by atoms with E-state index in [1.807, 2.05) is 0 Å². The molecule has 0 fully saturated rings. The molecule has 0 bridgehead atoms. The fourth-order valence-electron chi connectivity index (χ4n) is 1.21. The van der Waals surface area contributed by atoms with E-state index in [9.17, 15) is 0 Å². The molecule has 2 nitrogen and oxygen atoms in total. The Morgan fingerprint density at radius 1 is 1.38 bits per heavy atom. The first-order valence-corrected chi connectivity index (χ1v) is 4.84. The molecule has 0 spiro atoms. The number of rotatable bonds is 2. The van der Waals surface area contributed by atoms with Crippen LogP contribution >= 0.6 is 0 Å². The first-order valence-electron chi connectivity index (χ1n) is 4.84. The Morgan fingerprint density at radius 3 is 2.38 bits per heavy atom. The van der Waals surface area contributed by atoms with Crippen molar-refractivity contribution in [1.82, 2.24) is 5.16 Å². The van der Waals surface area contributed by atoms with E-state index in [4.69, 9.17) is 4.52 Å². The molecule has 0 aliphatic carbocycles. The Kier molecular flexibility index (Phi) is 2.79. The van der Waals surface area contributed by atoms with Crippen molar-refractivity contribution in [3.05, 3.63) is 17.5 Å². The Bertz CT molecular complexity index is 268. The standard InChI is InChI=1S/C11H19NO/c1-8(2)10-6-9(13-12-10)7-11(3,4)5/h6,8H,7H2,1-5H3. The van der Waals surface area contributed by atoms with E-state index in [-0.39, 0.29) is 5.41 Å². The Morgan fingerprint density at radius 2 is 2.00 bits per heavy atom. The molecule has 2 heteroatoms. The topological polar surface area (TPSA) is 26.0 Å². The second-order valence-corrected chi connectivity index (χ2v) is 5.11. The van der Waals surface area contributed by atoms with Gasteiger partial charge in [0.1, 0.15) is 5.76 Å². The van der Waals surface area contributed by atoms with Gasteiger partial charge in [-0.05, 0) is 11.3 Å². The summed E-state index contributed by atoms with van der Waals surface area (Å²) in [6.45, 7) is 10.8. The average molecular weight is 181 g/mol. The highest BCUT2D eigenvalue weighted by Gasteiger charge is 2.15. The molecule has 0 saturated heterocycles. The normalized spacial score (nSPS) is 12.5. The fourth-order valence-corrected chi connectivity index (χ4v) is 1.21. The summed E-state index contributed by atoms with van der Waals surface area (Å²) in [7, 11) is 0. The van der Waals surface area contributed by atoms with Gasteiger partial charge in [-0.3, -0.25) is 0 Å². The van der Waals surface area contributed by atoms with Crippen molar-refractivity contribution in [3.8, 4) is 0 Å². The highest BCUT2D eigenvalue weighted by atomic mass is 16.5. The number of hydrogen-bond acceptors (Lipinski definition) is 2. The van der Waals surface area contributed by atoms with Crippen LogP contribution < -0.4 is 0 Å². The van der Waals surface area contributed by atoms with Gasteiger partial charge in [-0.2, -0.15) is 0 Å². The SMILES string of the molecule is CC(C)c1cc(CC(C)(C)C)on1. The number of aromatic nitrogens is 1. The van der Waals surface area contributed by atoms with Crippen molar-refractivity contribution in [2.75, 3.05) is 0 Å².